The second kappa shape index (κ2) is 14.3. The van der Waals surface area contributed by atoms with E-state index in [9.17, 15) is 0 Å². The predicted molar refractivity (Wildman–Crippen MR) is 260 cm³/mol. The van der Waals surface area contributed by atoms with Gasteiger partial charge in [-0.2, -0.15) is 0 Å². The molecule has 0 spiro atoms. The highest BCUT2D eigenvalue weighted by molar-refractivity contribution is 7.25. The lowest BCUT2D eigenvalue weighted by atomic mass is 9.68. The smallest absolute Gasteiger partial charge is 0.0714 e. The molecule has 1 nitrogen and oxygen atoms in total. The Hall–Kier alpha value is -7.52. The first-order chi connectivity index (χ1) is 30.3. The fourth-order valence-corrected chi connectivity index (χ4v) is 11.2. The minimum absolute atomic E-state index is 0.506. The topological polar surface area (TPSA) is 3.24 Å². The van der Waals surface area contributed by atoms with Gasteiger partial charge in [0, 0.05) is 37.1 Å². The van der Waals surface area contributed by atoms with E-state index >= 15 is 0 Å². The third-order valence-electron chi connectivity index (χ3n) is 12.7. The van der Waals surface area contributed by atoms with Crippen molar-refractivity contribution in [3.8, 4) is 33.4 Å². The molecular formula is C59H39NS. The van der Waals surface area contributed by atoms with Gasteiger partial charge in [-0.1, -0.05) is 188 Å². The van der Waals surface area contributed by atoms with Crippen molar-refractivity contribution in [2.24, 2.45) is 0 Å². The summed E-state index contributed by atoms with van der Waals surface area (Å²) in [6.07, 6.45) is 0. The third kappa shape index (κ3) is 5.60. The second-order valence-electron chi connectivity index (χ2n) is 16.0. The summed E-state index contributed by atoms with van der Waals surface area (Å²) in [6.45, 7) is 0. The van der Waals surface area contributed by atoms with Crippen LogP contribution in [0.2, 0.25) is 0 Å². The summed E-state index contributed by atoms with van der Waals surface area (Å²) in [6, 6.07) is 87.4. The summed E-state index contributed by atoms with van der Waals surface area (Å²) in [5, 5.41) is 5.12. The lowest BCUT2D eigenvalue weighted by molar-refractivity contribution is 0.768. The quantitative estimate of drug-likeness (QED) is 0.155. The molecule has 286 valence electrons. The van der Waals surface area contributed by atoms with Crippen LogP contribution in [-0.2, 0) is 5.41 Å². The average molecular weight is 794 g/mol. The minimum Gasteiger partial charge on any atom is -0.310 e. The van der Waals surface area contributed by atoms with Crippen LogP contribution in [0.4, 0.5) is 17.1 Å². The van der Waals surface area contributed by atoms with Crippen molar-refractivity contribution in [1.29, 1.82) is 0 Å². The Morgan fingerprint density at radius 3 is 1.80 bits per heavy atom. The van der Waals surface area contributed by atoms with E-state index in [0.717, 1.165) is 17.1 Å². The van der Waals surface area contributed by atoms with Crippen LogP contribution in [0.5, 0.6) is 0 Å². The number of fused-ring (bicyclic) bond motifs is 7. The molecule has 1 aliphatic rings. The van der Waals surface area contributed by atoms with Gasteiger partial charge in [0.2, 0.25) is 0 Å². The molecule has 0 bridgehead atoms. The van der Waals surface area contributed by atoms with Crippen molar-refractivity contribution in [1.82, 2.24) is 0 Å². The molecule has 0 fully saturated rings. The lowest BCUT2D eigenvalue weighted by Crippen LogP contribution is -2.28. The van der Waals surface area contributed by atoms with E-state index in [0.29, 0.717) is 0 Å². The Kier molecular flexibility index (Phi) is 8.33. The minimum atomic E-state index is -0.506. The zero-order chi connectivity index (χ0) is 40.3. The summed E-state index contributed by atoms with van der Waals surface area (Å²) in [7, 11) is 0. The molecule has 0 radical (unpaired) electrons. The monoisotopic (exact) mass is 793 g/mol. The molecule has 1 aliphatic carbocycles. The van der Waals surface area contributed by atoms with Crippen LogP contribution in [0.15, 0.2) is 237 Å². The van der Waals surface area contributed by atoms with Gasteiger partial charge >= 0.3 is 0 Å². The summed E-state index contributed by atoms with van der Waals surface area (Å²) in [4.78, 5) is 2.49. The molecular weight excluding hydrogens is 755 g/mol. The molecule has 1 aromatic heterocycles. The van der Waals surface area contributed by atoms with E-state index in [4.69, 9.17) is 0 Å². The van der Waals surface area contributed by atoms with Crippen molar-refractivity contribution in [2.75, 3.05) is 4.90 Å². The standard InChI is InChI=1S/C59H39NS/c1-3-19-45(20-4-1)59(46-21-5-2-6-22-46)52-27-11-9-24-50(52)58-53(59)28-15-29-54(58)60(47-36-34-41(35-37-47)43-33-32-40-16-7-8-17-42(40)38-43)48-23-13-18-44(39-48)49-26-14-31-56-57(49)51-25-10-12-30-55(51)61-56/h1-39H. The predicted octanol–water partition coefficient (Wildman–Crippen LogP) is 16.4. The molecule has 1 heterocycles. The number of hydrogen-bond acceptors (Lipinski definition) is 2. The SMILES string of the molecule is c1ccc(C2(c3ccccc3)c3ccccc3-c3c(N(c4ccc(-c5ccc6ccccc6c5)cc4)c4cccc(-c5cccc6sc7ccccc7c56)c4)cccc32)cc1. The van der Waals surface area contributed by atoms with Crippen LogP contribution in [0.1, 0.15) is 22.3 Å². The van der Waals surface area contributed by atoms with Crippen LogP contribution in [-0.4, -0.2) is 0 Å². The number of benzene rings is 10. The number of thiophene rings is 1. The highest BCUT2D eigenvalue weighted by atomic mass is 32.1. The Balaban J connectivity index is 1.10. The number of hydrogen-bond donors (Lipinski definition) is 0. The van der Waals surface area contributed by atoms with Crippen molar-refractivity contribution < 1.29 is 0 Å². The maximum atomic E-state index is 2.49. The molecule has 0 unspecified atom stereocenters. The van der Waals surface area contributed by atoms with E-state index in [2.05, 4.69) is 241 Å². The van der Waals surface area contributed by atoms with Gasteiger partial charge in [-0.3, -0.25) is 0 Å². The zero-order valence-electron chi connectivity index (χ0n) is 33.4. The third-order valence-corrected chi connectivity index (χ3v) is 13.9. The van der Waals surface area contributed by atoms with Gasteiger partial charge in [-0.05, 0) is 109 Å². The first kappa shape index (κ1) is 35.4. The van der Waals surface area contributed by atoms with Crippen LogP contribution in [0.25, 0.3) is 64.3 Å². The van der Waals surface area contributed by atoms with Crippen molar-refractivity contribution >= 4 is 59.3 Å². The summed E-state index contributed by atoms with van der Waals surface area (Å²) in [5.74, 6) is 0. The second-order valence-corrected chi connectivity index (χ2v) is 17.1. The number of anilines is 3. The van der Waals surface area contributed by atoms with Crippen LogP contribution in [0, 0.1) is 0 Å². The van der Waals surface area contributed by atoms with E-state index in [1.54, 1.807) is 0 Å². The Labute approximate surface area is 360 Å². The lowest BCUT2D eigenvalue weighted by Gasteiger charge is -2.34. The van der Waals surface area contributed by atoms with Crippen molar-refractivity contribution in [3.63, 3.8) is 0 Å². The molecule has 2 heteroatoms. The van der Waals surface area contributed by atoms with Gasteiger partial charge in [0.05, 0.1) is 11.1 Å². The van der Waals surface area contributed by atoms with Crippen LogP contribution >= 0.6 is 11.3 Å². The molecule has 11 aromatic rings. The number of rotatable bonds is 7. The summed E-state index contributed by atoms with van der Waals surface area (Å²) in [5.41, 5.74) is 15.3. The molecule has 0 saturated carbocycles. The van der Waals surface area contributed by atoms with Gasteiger partial charge < -0.3 is 4.90 Å². The van der Waals surface area contributed by atoms with Crippen LogP contribution in [0.3, 0.4) is 0 Å². The zero-order valence-corrected chi connectivity index (χ0v) is 34.2. The van der Waals surface area contributed by atoms with Gasteiger partial charge in [0.25, 0.3) is 0 Å². The van der Waals surface area contributed by atoms with E-state index in [1.165, 1.54) is 86.6 Å². The fourth-order valence-electron chi connectivity index (χ4n) is 10.1. The average Bonchev–Trinajstić information content (AvgIpc) is 3.87. The molecule has 0 saturated heterocycles. The Morgan fingerprint density at radius 2 is 0.984 bits per heavy atom. The summed E-state index contributed by atoms with van der Waals surface area (Å²) >= 11 is 1.87. The molecule has 12 rings (SSSR count). The maximum absolute atomic E-state index is 2.49. The Morgan fingerprint density at radius 1 is 0.361 bits per heavy atom. The molecule has 61 heavy (non-hydrogen) atoms. The molecule has 0 amide bonds. The molecule has 0 N–H and O–H groups in total. The van der Waals surface area contributed by atoms with Gasteiger partial charge in [0.15, 0.2) is 0 Å². The first-order valence-electron chi connectivity index (χ1n) is 21.0. The maximum Gasteiger partial charge on any atom is 0.0714 e. The van der Waals surface area contributed by atoms with Gasteiger partial charge in [-0.15, -0.1) is 11.3 Å². The highest BCUT2D eigenvalue weighted by Gasteiger charge is 2.47. The molecule has 0 atom stereocenters. The van der Waals surface area contributed by atoms with E-state index < -0.39 is 5.41 Å². The first-order valence-corrected chi connectivity index (χ1v) is 21.8. The molecule has 10 aromatic carbocycles. The fraction of sp³-hybridized carbons (Fsp3) is 0.0169. The van der Waals surface area contributed by atoms with E-state index in [-0.39, 0.29) is 0 Å². The normalized spacial score (nSPS) is 12.7. The van der Waals surface area contributed by atoms with Crippen molar-refractivity contribution in [2.45, 2.75) is 5.41 Å². The molecule has 0 aliphatic heterocycles. The highest BCUT2D eigenvalue weighted by Crippen LogP contribution is 2.59. The van der Waals surface area contributed by atoms with Gasteiger partial charge in [-0.25, -0.2) is 0 Å². The van der Waals surface area contributed by atoms with Gasteiger partial charge in [0.1, 0.15) is 0 Å². The Bertz CT molecular complexity index is 3380. The largest absolute Gasteiger partial charge is 0.310 e. The van der Waals surface area contributed by atoms with E-state index in [1.807, 2.05) is 11.3 Å². The summed E-state index contributed by atoms with van der Waals surface area (Å²) < 4.78 is 2.62. The number of nitrogens with zero attached hydrogens (tertiary/aromatic N) is 1. The van der Waals surface area contributed by atoms with Crippen LogP contribution < -0.4 is 4.90 Å². The van der Waals surface area contributed by atoms with Crippen molar-refractivity contribution in [3.05, 3.63) is 259 Å².